The van der Waals surface area contributed by atoms with Crippen LogP contribution in [-0.2, 0) is 10.0 Å². The van der Waals surface area contributed by atoms with Gasteiger partial charge >= 0.3 is 6.18 Å². The summed E-state index contributed by atoms with van der Waals surface area (Å²) in [4.78, 5) is 3.96. The molecule has 4 heterocycles. The van der Waals surface area contributed by atoms with Crippen molar-refractivity contribution in [1.82, 2.24) is 19.1 Å². The molecule has 0 saturated carbocycles. The second-order valence-electron chi connectivity index (χ2n) is 7.48. The molecule has 2 aromatic heterocycles. The molecule has 11 heteroatoms. The zero-order chi connectivity index (χ0) is 20.8. The van der Waals surface area contributed by atoms with Crippen molar-refractivity contribution in [2.24, 2.45) is 0 Å². The lowest BCUT2D eigenvalue weighted by atomic mass is 10.0. The third-order valence-corrected chi connectivity index (χ3v) is 7.47. The number of anilines is 1. The average molecular weight is 429 g/mol. The maximum absolute atomic E-state index is 13.5. The molecular formula is C18H22F3N5O2S. The summed E-state index contributed by atoms with van der Waals surface area (Å²) in [7, 11) is -3.69. The van der Waals surface area contributed by atoms with Crippen molar-refractivity contribution < 1.29 is 21.6 Å². The lowest BCUT2D eigenvalue weighted by molar-refractivity contribution is -0.173. The number of aromatic nitrogens is 3. The average Bonchev–Trinajstić information content (AvgIpc) is 3.34. The summed E-state index contributed by atoms with van der Waals surface area (Å²) in [5, 5.41) is 7.36. The van der Waals surface area contributed by atoms with Crippen molar-refractivity contribution >= 4 is 15.8 Å². The second kappa shape index (κ2) is 7.28. The third-order valence-electron chi connectivity index (χ3n) is 5.62. The fourth-order valence-electron chi connectivity index (χ4n) is 3.97. The van der Waals surface area contributed by atoms with E-state index >= 15 is 0 Å². The molecule has 4 rings (SSSR count). The molecule has 0 radical (unpaired) electrons. The number of halogens is 3. The molecule has 1 saturated heterocycles. The summed E-state index contributed by atoms with van der Waals surface area (Å²) in [6.07, 6.45) is -0.591. The van der Waals surface area contributed by atoms with E-state index in [1.165, 1.54) is 22.8 Å². The molecule has 1 N–H and O–H groups in total. The summed E-state index contributed by atoms with van der Waals surface area (Å²) >= 11 is 0. The highest BCUT2D eigenvalue weighted by Crippen LogP contribution is 2.41. The zero-order valence-electron chi connectivity index (χ0n) is 15.8. The van der Waals surface area contributed by atoms with Crippen LogP contribution in [0.1, 0.15) is 43.8 Å². The lowest BCUT2D eigenvalue weighted by Gasteiger charge is -2.32. The quantitative estimate of drug-likeness (QED) is 0.808. The van der Waals surface area contributed by atoms with Crippen LogP contribution in [0.25, 0.3) is 0 Å². The molecule has 2 aliphatic heterocycles. The maximum atomic E-state index is 13.5. The summed E-state index contributed by atoms with van der Waals surface area (Å²) < 4.78 is 68.5. The van der Waals surface area contributed by atoms with Crippen LogP contribution in [0.3, 0.4) is 0 Å². The number of nitrogens with one attached hydrogen (secondary N) is 1. The number of hydrogen-bond acceptors (Lipinski definition) is 5. The third kappa shape index (κ3) is 3.73. The predicted molar refractivity (Wildman–Crippen MR) is 100.0 cm³/mol. The maximum Gasteiger partial charge on any atom is 0.410 e. The van der Waals surface area contributed by atoms with Gasteiger partial charge < -0.3 is 5.32 Å². The van der Waals surface area contributed by atoms with Crippen LogP contribution in [0.2, 0.25) is 0 Å². The van der Waals surface area contributed by atoms with Crippen LogP contribution < -0.4 is 5.32 Å². The van der Waals surface area contributed by atoms with Crippen LogP contribution in [0.4, 0.5) is 19.0 Å². The van der Waals surface area contributed by atoms with E-state index in [4.69, 9.17) is 0 Å². The van der Waals surface area contributed by atoms with Gasteiger partial charge in [0.05, 0.1) is 5.69 Å². The molecule has 158 valence electrons. The van der Waals surface area contributed by atoms with Crippen LogP contribution in [-0.4, -0.2) is 52.8 Å². The zero-order valence-corrected chi connectivity index (χ0v) is 16.6. The minimum atomic E-state index is -4.39. The lowest BCUT2D eigenvalue weighted by Crippen LogP contribution is -2.38. The van der Waals surface area contributed by atoms with Crippen LogP contribution in [0.5, 0.6) is 0 Å². The molecule has 0 amide bonds. The minimum Gasteiger partial charge on any atom is -0.367 e. The van der Waals surface area contributed by atoms with Crippen molar-refractivity contribution in [3.05, 3.63) is 36.3 Å². The predicted octanol–water partition coefficient (Wildman–Crippen LogP) is 3.15. The van der Waals surface area contributed by atoms with Gasteiger partial charge in [0.1, 0.15) is 10.7 Å². The largest absolute Gasteiger partial charge is 0.410 e. The number of hydrogen-bond donors (Lipinski definition) is 1. The summed E-state index contributed by atoms with van der Waals surface area (Å²) in [5.41, 5.74) is 0.488. The van der Waals surface area contributed by atoms with Gasteiger partial charge in [-0.25, -0.2) is 13.1 Å². The normalized spacial score (nSPS) is 25.6. The highest BCUT2D eigenvalue weighted by molar-refractivity contribution is 7.89. The number of nitrogens with zero attached hydrogens (tertiary/aromatic N) is 4. The second-order valence-corrected chi connectivity index (χ2v) is 9.42. The van der Waals surface area contributed by atoms with Gasteiger partial charge in [0.2, 0.25) is 10.0 Å². The first-order valence-corrected chi connectivity index (χ1v) is 11.0. The molecule has 0 aromatic carbocycles. The van der Waals surface area contributed by atoms with Crippen molar-refractivity contribution in [3.63, 3.8) is 0 Å². The Morgan fingerprint density at radius 2 is 2.14 bits per heavy atom. The Bertz CT molecular complexity index is 977. The number of sulfonamides is 1. The fourth-order valence-corrected chi connectivity index (χ4v) is 5.44. The molecular weight excluding hydrogens is 407 g/mol. The van der Waals surface area contributed by atoms with Crippen molar-refractivity contribution in [1.29, 1.82) is 0 Å². The van der Waals surface area contributed by atoms with Gasteiger partial charge in [-0.2, -0.15) is 22.6 Å². The molecule has 0 bridgehead atoms. The number of rotatable bonds is 4. The van der Waals surface area contributed by atoms with Gasteiger partial charge in [0, 0.05) is 43.5 Å². The van der Waals surface area contributed by atoms with Gasteiger partial charge in [-0.15, -0.1) is 0 Å². The van der Waals surface area contributed by atoms with Crippen molar-refractivity contribution in [2.45, 2.75) is 55.3 Å². The van der Waals surface area contributed by atoms with Crippen molar-refractivity contribution in [2.75, 3.05) is 18.4 Å². The Morgan fingerprint density at radius 3 is 2.79 bits per heavy atom. The molecule has 3 atom stereocenters. The van der Waals surface area contributed by atoms with Crippen LogP contribution in [0.15, 0.2) is 35.5 Å². The molecule has 1 unspecified atom stereocenters. The SMILES string of the molecule is CC[C@@H]1C[C@H](C(F)(F)F)n2nc(C3CCN(S(=O)(=O)c4cccnc4)C3)cc2N1. The van der Waals surface area contributed by atoms with E-state index in [2.05, 4.69) is 15.4 Å². The topological polar surface area (TPSA) is 80.1 Å². The Kier molecular flexibility index (Phi) is 5.06. The fraction of sp³-hybridized carbons (Fsp3) is 0.556. The molecule has 0 spiro atoms. The first-order chi connectivity index (χ1) is 13.7. The minimum absolute atomic E-state index is 0.0691. The van der Waals surface area contributed by atoms with Gasteiger partial charge in [-0.05, 0) is 31.4 Å². The van der Waals surface area contributed by atoms with E-state index in [1.807, 2.05) is 6.92 Å². The molecule has 7 nitrogen and oxygen atoms in total. The molecule has 1 fully saturated rings. The van der Waals surface area contributed by atoms with Crippen LogP contribution in [0, 0.1) is 0 Å². The Balaban J connectivity index is 1.58. The molecule has 0 aliphatic carbocycles. The first kappa shape index (κ1) is 20.1. The number of pyridine rings is 1. The van der Waals surface area contributed by atoms with Gasteiger partial charge in [-0.1, -0.05) is 6.92 Å². The summed E-state index contributed by atoms with van der Waals surface area (Å²) in [6.45, 7) is 2.32. The Labute approximate surface area is 167 Å². The van der Waals surface area contributed by atoms with Crippen LogP contribution >= 0.6 is 0 Å². The smallest absolute Gasteiger partial charge is 0.367 e. The van der Waals surface area contributed by atoms with Gasteiger partial charge in [-0.3, -0.25) is 4.98 Å². The standard InChI is InChI=1S/C18H22F3N5O2S/c1-2-13-8-16(18(19,20)21)26-17(23-13)9-15(24-26)12-5-7-25(11-12)29(27,28)14-4-3-6-22-10-14/h3-4,6,9-10,12-13,16,23H,2,5,7-8,11H2,1H3/t12?,13-,16-/m1/s1. The van der Waals surface area contributed by atoms with E-state index in [9.17, 15) is 21.6 Å². The van der Waals surface area contributed by atoms with E-state index in [-0.39, 0.29) is 36.4 Å². The molecule has 29 heavy (non-hydrogen) atoms. The summed E-state index contributed by atoms with van der Waals surface area (Å²) in [6, 6.07) is 2.72. The highest BCUT2D eigenvalue weighted by Gasteiger charge is 2.46. The molecule has 2 aliphatic rings. The van der Waals surface area contributed by atoms with Gasteiger partial charge in [0.15, 0.2) is 6.04 Å². The highest BCUT2D eigenvalue weighted by atomic mass is 32.2. The number of fused-ring (bicyclic) bond motifs is 1. The van der Waals surface area contributed by atoms with Gasteiger partial charge in [0.25, 0.3) is 0 Å². The Hall–Kier alpha value is -2.14. The van der Waals surface area contributed by atoms with Crippen molar-refractivity contribution in [3.8, 4) is 0 Å². The van der Waals surface area contributed by atoms with E-state index in [0.717, 1.165) is 4.68 Å². The van der Waals surface area contributed by atoms with E-state index in [1.54, 1.807) is 12.1 Å². The Morgan fingerprint density at radius 1 is 1.34 bits per heavy atom. The van der Waals surface area contributed by atoms with E-state index < -0.39 is 22.2 Å². The first-order valence-electron chi connectivity index (χ1n) is 9.53. The van der Waals surface area contributed by atoms with E-state index in [0.29, 0.717) is 24.4 Å². The monoisotopic (exact) mass is 429 g/mol. The summed E-state index contributed by atoms with van der Waals surface area (Å²) in [5.74, 6) is 0.0873. The molecule has 2 aromatic rings. The number of alkyl halides is 3.